The molecule has 4 nitrogen and oxygen atoms in total. The third-order valence-corrected chi connectivity index (χ3v) is 3.66. The highest BCUT2D eigenvalue weighted by Gasteiger charge is 2.18. The summed E-state index contributed by atoms with van der Waals surface area (Å²) >= 11 is 0. The summed E-state index contributed by atoms with van der Waals surface area (Å²) < 4.78 is 2.37. The Kier molecular flexibility index (Phi) is 4.64. The minimum absolute atomic E-state index is 0.654. The third kappa shape index (κ3) is 3.48. The van der Waals surface area contributed by atoms with Gasteiger partial charge in [0.05, 0.1) is 5.69 Å². The molecule has 1 aliphatic carbocycles. The largest absolute Gasteiger partial charge is 0.354 e. The van der Waals surface area contributed by atoms with Gasteiger partial charge in [0.25, 0.3) is 0 Å². The number of aryl methyl sites for hydroxylation is 1. The number of imidazole rings is 1. The molecule has 0 unspecified atom stereocenters. The van der Waals surface area contributed by atoms with Crippen molar-refractivity contribution in [2.75, 3.05) is 32.5 Å². The van der Waals surface area contributed by atoms with Gasteiger partial charge in [-0.1, -0.05) is 19.3 Å². The van der Waals surface area contributed by atoms with E-state index in [4.69, 9.17) is 0 Å². The molecular weight excluding hydrogens is 224 g/mol. The van der Waals surface area contributed by atoms with E-state index in [-0.39, 0.29) is 0 Å². The summed E-state index contributed by atoms with van der Waals surface area (Å²) in [6.45, 7) is 4.07. The van der Waals surface area contributed by atoms with Crippen molar-refractivity contribution in [3.05, 3.63) is 11.9 Å². The van der Waals surface area contributed by atoms with Crippen LogP contribution in [0.3, 0.4) is 0 Å². The minimum Gasteiger partial charge on any atom is -0.354 e. The van der Waals surface area contributed by atoms with Crippen molar-refractivity contribution < 1.29 is 0 Å². The van der Waals surface area contributed by atoms with Crippen molar-refractivity contribution in [3.8, 4) is 0 Å². The van der Waals surface area contributed by atoms with Gasteiger partial charge >= 0.3 is 0 Å². The maximum Gasteiger partial charge on any atom is 0.203 e. The van der Waals surface area contributed by atoms with E-state index in [9.17, 15) is 0 Å². The number of aromatic nitrogens is 2. The predicted octanol–water partition coefficient (Wildman–Crippen LogP) is 2.67. The standard InChI is InChI=1S/C14H26N4/c1-12-11-18(13-7-5-4-6-8-13)14(16-12)15-9-10-17(2)3/h11,13H,4-10H2,1-3H3,(H,15,16). The Morgan fingerprint density at radius 3 is 2.72 bits per heavy atom. The number of anilines is 1. The Bertz CT molecular complexity index is 364. The van der Waals surface area contributed by atoms with Crippen LogP contribution in [0.2, 0.25) is 0 Å². The Balaban J connectivity index is 2.00. The number of nitrogens with one attached hydrogen (secondary N) is 1. The first-order valence-electron chi connectivity index (χ1n) is 7.11. The lowest BCUT2D eigenvalue weighted by Crippen LogP contribution is -2.23. The molecule has 0 atom stereocenters. The van der Waals surface area contributed by atoms with Gasteiger partial charge in [0.2, 0.25) is 5.95 Å². The van der Waals surface area contributed by atoms with E-state index in [0.29, 0.717) is 6.04 Å². The number of nitrogens with zero attached hydrogens (tertiary/aromatic N) is 3. The molecule has 0 radical (unpaired) electrons. The van der Waals surface area contributed by atoms with Crippen molar-refractivity contribution in [1.29, 1.82) is 0 Å². The maximum absolute atomic E-state index is 4.62. The van der Waals surface area contributed by atoms with Crippen LogP contribution >= 0.6 is 0 Å². The van der Waals surface area contributed by atoms with Gasteiger partial charge in [-0.2, -0.15) is 0 Å². The van der Waals surface area contributed by atoms with Crippen molar-refractivity contribution in [1.82, 2.24) is 14.5 Å². The predicted molar refractivity (Wildman–Crippen MR) is 76.1 cm³/mol. The molecule has 1 fully saturated rings. The van der Waals surface area contributed by atoms with E-state index in [1.54, 1.807) is 0 Å². The maximum atomic E-state index is 4.62. The SMILES string of the molecule is Cc1cn(C2CCCCC2)c(NCCN(C)C)n1. The van der Waals surface area contributed by atoms with Crippen LogP contribution in [0.1, 0.15) is 43.8 Å². The highest BCUT2D eigenvalue weighted by molar-refractivity contribution is 5.29. The number of hydrogen-bond acceptors (Lipinski definition) is 3. The van der Waals surface area contributed by atoms with Gasteiger partial charge in [-0.15, -0.1) is 0 Å². The summed E-state index contributed by atoms with van der Waals surface area (Å²) in [4.78, 5) is 6.80. The molecule has 0 aromatic carbocycles. The lowest BCUT2D eigenvalue weighted by atomic mass is 9.95. The van der Waals surface area contributed by atoms with Crippen LogP contribution < -0.4 is 5.32 Å². The zero-order valence-corrected chi connectivity index (χ0v) is 11.9. The summed E-state index contributed by atoms with van der Waals surface area (Å²) in [5, 5.41) is 3.47. The molecular formula is C14H26N4. The van der Waals surface area contributed by atoms with Crippen LogP contribution in [-0.4, -0.2) is 41.6 Å². The molecule has 2 rings (SSSR count). The van der Waals surface area contributed by atoms with Crippen LogP contribution in [-0.2, 0) is 0 Å². The minimum atomic E-state index is 0.654. The lowest BCUT2D eigenvalue weighted by Gasteiger charge is -2.25. The molecule has 0 spiro atoms. The summed E-state index contributed by atoms with van der Waals surface area (Å²) in [5.41, 5.74) is 1.12. The van der Waals surface area contributed by atoms with E-state index in [2.05, 4.69) is 47.0 Å². The van der Waals surface area contributed by atoms with Crippen LogP contribution in [0.25, 0.3) is 0 Å². The third-order valence-electron chi connectivity index (χ3n) is 3.66. The van der Waals surface area contributed by atoms with Gasteiger partial charge in [0, 0.05) is 25.3 Å². The second-order valence-electron chi connectivity index (χ2n) is 5.64. The molecule has 4 heteroatoms. The molecule has 0 saturated heterocycles. The number of hydrogen-bond donors (Lipinski definition) is 1. The van der Waals surface area contributed by atoms with Gasteiger partial charge in [0.1, 0.15) is 0 Å². The molecule has 1 saturated carbocycles. The molecule has 0 bridgehead atoms. The van der Waals surface area contributed by atoms with E-state index in [1.807, 2.05) is 0 Å². The molecule has 102 valence electrons. The zero-order chi connectivity index (χ0) is 13.0. The molecule has 1 aromatic heterocycles. The Labute approximate surface area is 110 Å². The fourth-order valence-electron chi connectivity index (χ4n) is 2.68. The molecule has 1 aromatic rings. The molecule has 1 heterocycles. The van der Waals surface area contributed by atoms with Gasteiger partial charge < -0.3 is 14.8 Å². The second-order valence-corrected chi connectivity index (χ2v) is 5.64. The average Bonchev–Trinajstić information content (AvgIpc) is 2.71. The quantitative estimate of drug-likeness (QED) is 0.872. The van der Waals surface area contributed by atoms with Gasteiger partial charge in [-0.3, -0.25) is 0 Å². The summed E-state index contributed by atoms with van der Waals surface area (Å²) in [7, 11) is 4.20. The van der Waals surface area contributed by atoms with Gasteiger partial charge in [-0.05, 0) is 33.9 Å². The van der Waals surface area contributed by atoms with Gasteiger partial charge in [-0.25, -0.2) is 4.98 Å². The molecule has 1 N–H and O–H groups in total. The Hall–Kier alpha value is -1.03. The van der Waals surface area contributed by atoms with Gasteiger partial charge in [0.15, 0.2) is 0 Å². The van der Waals surface area contributed by atoms with E-state index >= 15 is 0 Å². The second kappa shape index (κ2) is 6.23. The first kappa shape index (κ1) is 13.4. The van der Waals surface area contributed by atoms with E-state index < -0.39 is 0 Å². The molecule has 0 amide bonds. The van der Waals surface area contributed by atoms with Crippen LogP contribution in [0.15, 0.2) is 6.20 Å². The fraction of sp³-hybridized carbons (Fsp3) is 0.786. The lowest BCUT2D eigenvalue weighted by molar-refractivity contribution is 0.355. The summed E-state index contributed by atoms with van der Waals surface area (Å²) in [5.74, 6) is 1.06. The van der Waals surface area contributed by atoms with Crippen molar-refractivity contribution in [2.24, 2.45) is 0 Å². The first-order chi connectivity index (χ1) is 8.66. The average molecular weight is 250 g/mol. The monoisotopic (exact) mass is 250 g/mol. The number of likely N-dealkylation sites (N-methyl/N-ethyl adjacent to an activating group) is 1. The normalized spacial score (nSPS) is 17.3. The zero-order valence-electron chi connectivity index (χ0n) is 11.9. The van der Waals surface area contributed by atoms with Crippen LogP contribution in [0.5, 0.6) is 0 Å². The van der Waals surface area contributed by atoms with E-state index in [1.165, 1.54) is 32.1 Å². The fourth-order valence-corrected chi connectivity index (χ4v) is 2.68. The summed E-state index contributed by atoms with van der Waals surface area (Å²) in [6, 6.07) is 0.654. The smallest absolute Gasteiger partial charge is 0.203 e. The Morgan fingerprint density at radius 2 is 2.06 bits per heavy atom. The van der Waals surface area contributed by atoms with Crippen LogP contribution in [0.4, 0.5) is 5.95 Å². The van der Waals surface area contributed by atoms with Crippen molar-refractivity contribution >= 4 is 5.95 Å². The van der Waals surface area contributed by atoms with Crippen molar-refractivity contribution in [2.45, 2.75) is 45.1 Å². The molecule has 1 aliphatic rings. The van der Waals surface area contributed by atoms with Crippen LogP contribution in [0, 0.1) is 6.92 Å². The van der Waals surface area contributed by atoms with E-state index in [0.717, 1.165) is 24.7 Å². The summed E-state index contributed by atoms with van der Waals surface area (Å²) in [6.07, 6.45) is 8.93. The first-order valence-corrected chi connectivity index (χ1v) is 7.11. The Morgan fingerprint density at radius 1 is 1.33 bits per heavy atom. The highest BCUT2D eigenvalue weighted by Crippen LogP contribution is 2.30. The molecule has 0 aliphatic heterocycles. The number of rotatable bonds is 5. The highest BCUT2D eigenvalue weighted by atomic mass is 15.2. The van der Waals surface area contributed by atoms with Crippen molar-refractivity contribution in [3.63, 3.8) is 0 Å². The topological polar surface area (TPSA) is 33.1 Å². The molecule has 18 heavy (non-hydrogen) atoms.